The van der Waals surface area contributed by atoms with Crippen LogP contribution in [0.25, 0.3) is 0 Å². The molecule has 0 fully saturated rings. The molecule has 3 N–H and O–H groups in total. The van der Waals surface area contributed by atoms with Crippen molar-refractivity contribution in [2.45, 2.75) is 26.8 Å². The van der Waals surface area contributed by atoms with E-state index in [0.29, 0.717) is 18.3 Å². The number of carbonyl (C=O) groups is 2. The Hall–Kier alpha value is -2.08. The van der Waals surface area contributed by atoms with Crippen LogP contribution in [0.5, 0.6) is 0 Å². The van der Waals surface area contributed by atoms with Crippen molar-refractivity contribution in [2.75, 3.05) is 25.5 Å². The number of amides is 2. The normalized spacial score (nSPS) is 10.8. The van der Waals surface area contributed by atoms with Crippen LogP contribution in [0.15, 0.2) is 18.2 Å². The summed E-state index contributed by atoms with van der Waals surface area (Å²) in [5.74, 6) is -1.02. The molecule has 21 heavy (non-hydrogen) atoms. The lowest BCUT2D eigenvalue weighted by Crippen LogP contribution is -2.38. The van der Waals surface area contributed by atoms with Gasteiger partial charge in [-0.1, -0.05) is 6.07 Å². The Bertz CT molecular complexity index is 515. The minimum atomic E-state index is -1.02. The molecule has 0 saturated heterocycles. The quantitative estimate of drug-likeness (QED) is 0.750. The smallest absolute Gasteiger partial charge is 0.335 e. The first-order valence-corrected chi connectivity index (χ1v) is 6.90. The van der Waals surface area contributed by atoms with Gasteiger partial charge in [0.15, 0.2) is 0 Å². The molecule has 2 amide bonds. The molecule has 0 heterocycles. The molecule has 0 spiro atoms. The Morgan fingerprint density at radius 2 is 2.00 bits per heavy atom. The number of carboxylic acid groups (broad SMARTS) is 1. The van der Waals surface area contributed by atoms with E-state index in [1.54, 1.807) is 6.07 Å². The summed E-state index contributed by atoms with van der Waals surface area (Å²) in [6.45, 7) is 7.26. The van der Waals surface area contributed by atoms with Gasteiger partial charge in [0.25, 0.3) is 0 Å². The largest absolute Gasteiger partial charge is 0.478 e. The first kappa shape index (κ1) is 17.0. The molecule has 0 bridgehead atoms. The molecule has 6 heteroatoms. The SMILES string of the molecule is Cc1ccc(C(=O)O)cc1NC(=O)NCCN(C)C(C)C. The van der Waals surface area contributed by atoms with E-state index < -0.39 is 5.97 Å². The predicted octanol–water partition coefficient (Wildman–Crippen LogP) is 2.15. The number of urea groups is 1. The molecule has 0 aliphatic carbocycles. The van der Waals surface area contributed by atoms with Crippen molar-refractivity contribution in [2.24, 2.45) is 0 Å². The van der Waals surface area contributed by atoms with Gasteiger partial charge < -0.3 is 20.6 Å². The van der Waals surface area contributed by atoms with Gasteiger partial charge in [0, 0.05) is 24.8 Å². The van der Waals surface area contributed by atoms with Crippen molar-refractivity contribution in [1.82, 2.24) is 10.2 Å². The van der Waals surface area contributed by atoms with Gasteiger partial charge in [-0.25, -0.2) is 9.59 Å². The molecule has 1 aromatic rings. The van der Waals surface area contributed by atoms with Crippen LogP contribution in [-0.2, 0) is 0 Å². The Labute approximate surface area is 125 Å². The number of aryl methyl sites for hydroxylation is 1. The van der Waals surface area contributed by atoms with E-state index in [2.05, 4.69) is 29.4 Å². The average molecular weight is 293 g/mol. The molecule has 1 aromatic carbocycles. The summed E-state index contributed by atoms with van der Waals surface area (Å²) in [5, 5.41) is 14.4. The van der Waals surface area contributed by atoms with Crippen molar-refractivity contribution in [3.05, 3.63) is 29.3 Å². The second-order valence-corrected chi connectivity index (χ2v) is 5.29. The Kier molecular flexibility index (Phi) is 6.17. The molecule has 0 aliphatic heterocycles. The van der Waals surface area contributed by atoms with Crippen LogP contribution < -0.4 is 10.6 Å². The molecular weight excluding hydrogens is 270 g/mol. The molecule has 0 aromatic heterocycles. The predicted molar refractivity (Wildman–Crippen MR) is 82.9 cm³/mol. The fourth-order valence-corrected chi connectivity index (χ4v) is 1.66. The monoisotopic (exact) mass is 293 g/mol. The molecular formula is C15H23N3O3. The number of nitrogens with zero attached hydrogens (tertiary/aromatic N) is 1. The topological polar surface area (TPSA) is 81.7 Å². The van der Waals surface area contributed by atoms with Crippen LogP contribution in [-0.4, -0.2) is 48.2 Å². The second kappa shape index (κ2) is 7.64. The van der Waals surface area contributed by atoms with Crippen LogP contribution in [0.3, 0.4) is 0 Å². The highest BCUT2D eigenvalue weighted by molar-refractivity contribution is 5.93. The molecule has 0 radical (unpaired) electrons. The fourth-order valence-electron chi connectivity index (χ4n) is 1.66. The van der Waals surface area contributed by atoms with Crippen LogP contribution >= 0.6 is 0 Å². The van der Waals surface area contributed by atoms with E-state index in [0.717, 1.165) is 12.1 Å². The van der Waals surface area contributed by atoms with Crippen LogP contribution in [0.2, 0.25) is 0 Å². The zero-order valence-corrected chi connectivity index (χ0v) is 12.9. The standard InChI is InChI=1S/C15H23N3O3/c1-10(2)18(4)8-7-16-15(21)17-13-9-12(14(19)20)6-5-11(13)3/h5-6,9-10H,7-8H2,1-4H3,(H,19,20)(H2,16,17,21). The van der Waals surface area contributed by atoms with Crippen molar-refractivity contribution in [3.8, 4) is 0 Å². The maximum Gasteiger partial charge on any atom is 0.335 e. The number of likely N-dealkylation sites (N-methyl/N-ethyl adjacent to an activating group) is 1. The molecule has 0 saturated carbocycles. The van der Waals surface area contributed by atoms with Crippen molar-refractivity contribution < 1.29 is 14.7 Å². The lowest BCUT2D eigenvalue weighted by molar-refractivity contribution is 0.0697. The second-order valence-electron chi connectivity index (χ2n) is 5.29. The Morgan fingerprint density at radius 3 is 2.57 bits per heavy atom. The van der Waals surface area contributed by atoms with Crippen LogP contribution in [0.4, 0.5) is 10.5 Å². The van der Waals surface area contributed by atoms with Crippen molar-refractivity contribution >= 4 is 17.7 Å². The van der Waals surface area contributed by atoms with E-state index >= 15 is 0 Å². The average Bonchev–Trinajstić information content (AvgIpc) is 2.40. The van der Waals surface area contributed by atoms with E-state index in [1.165, 1.54) is 12.1 Å². The maximum atomic E-state index is 11.8. The summed E-state index contributed by atoms with van der Waals surface area (Å²) in [4.78, 5) is 24.9. The zero-order valence-electron chi connectivity index (χ0n) is 12.9. The number of anilines is 1. The van der Waals surface area contributed by atoms with Crippen LogP contribution in [0.1, 0.15) is 29.8 Å². The molecule has 1 rings (SSSR count). The highest BCUT2D eigenvalue weighted by Gasteiger charge is 2.09. The summed E-state index contributed by atoms with van der Waals surface area (Å²) < 4.78 is 0. The summed E-state index contributed by atoms with van der Waals surface area (Å²) in [7, 11) is 1.99. The third kappa shape index (κ3) is 5.43. The Balaban J connectivity index is 2.55. The van der Waals surface area contributed by atoms with E-state index in [1.807, 2.05) is 14.0 Å². The summed E-state index contributed by atoms with van der Waals surface area (Å²) >= 11 is 0. The van der Waals surface area contributed by atoms with Crippen molar-refractivity contribution in [1.29, 1.82) is 0 Å². The first-order valence-electron chi connectivity index (χ1n) is 6.90. The first-order chi connectivity index (χ1) is 9.81. The molecule has 0 aliphatic rings. The van der Waals surface area contributed by atoms with Gasteiger partial charge in [0.2, 0.25) is 0 Å². The number of benzene rings is 1. The van der Waals surface area contributed by atoms with Gasteiger partial charge in [0.1, 0.15) is 0 Å². The summed E-state index contributed by atoms with van der Waals surface area (Å²) in [6, 6.07) is 4.73. The minimum Gasteiger partial charge on any atom is -0.478 e. The third-order valence-electron chi connectivity index (χ3n) is 3.36. The van der Waals surface area contributed by atoms with Gasteiger partial charge in [0.05, 0.1) is 5.56 Å². The number of hydrogen-bond donors (Lipinski definition) is 3. The minimum absolute atomic E-state index is 0.149. The number of carboxylic acids is 1. The number of nitrogens with one attached hydrogen (secondary N) is 2. The van der Waals surface area contributed by atoms with Gasteiger partial charge in [-0.2, -0.15) is 0 Å². The molecule has 0 atom stereocenters. The van der Waals surface area contributed by atoms with Gasteiger partial charge in [-0.15, -0.1) is 0 Å². The summed E-state index contributed by atoms with van der Waals surface area (Å²) in [5.41, 5.74) is 1.47. The zero-order chi connectivity index (χ0) is 16.0. The van der Waals surface area contributed by atoms with Crippen molar-refractivity contribution in [3.63, 3.8) is 0 Å². The van der Waals surface area contributed by atoms with Gasteiger partial charge in [-0.3, -0.25) is 0 Å². The highest BCUT2D eigenvalue weighted by atomic mass is 16.4. The van der Waals surface area contributed by atoms with E-state index in [-0.39, 0.29) is 11.6 Å². The number of rotatable bonds is 6. The third-order valence-corrected chi connectivity index (χ3v) is 3.36. The van der Waals surface area contributed by atoms with Gasteiger partial charge in [-0.05, 0) is 45.5 Å². The fraction of sp³-hybridized carbons (Fsp3) is 0.467. The number of aromatic carboxylic acids is 1. The Morgan fingerprint density at radius 1 is 1.33 bits per heavy atom. The molecule has 0 unspecified atom stereocenters. The van der Waals surface area contributed by atoms with E-state index in [4.69, 9.17) is 5.11 Å². The van der Waals surface area contributed by atoms with E-state index in [9.17, 15) is 9.59 Å². The molecule has 6 nitrogen and oxygen atoms in total. The van der Waals surface area contributed by atoms with Crippen LogP contribution in [0, 0.1) is 6.92 Å². The number of hydrogen-bond acceptors (Lipinski definition) is 3. The lowest BCUT2D eigenvalue weighted by atomic mass is 10.1. The highest BCUT2D eigenvalue weighted by Crippen LogP contribution is 2.16. The lowest BCUT2D eigenvalue weighted by Gasteiger charge is -2.21. The maximum absolute atomic E-state index is 11.8. The molecule has 116 valence electrons. The van der Waals surface area contributed by atoms with Gasteiger partial charge >= 0.3 is 12.0 Å². The number of carbonyl (C=O) groups excluding carboxylic acids is 1. The summed E-state index contributed by atoms with van der Waals surface area (Å²) in [6.07, 6.45) is 0.